The highest BCUT2D eigenvalue weighted by Gasteiger charge is 2.22. The Hall–Kier alpha value is -2.69. The number of nitrogens with zero attached hydrogens (tertiary/aromatic N) is 2. The molecule has 1 aliphatic heterocycles. The number of anilines is 1. The molecule has 0 bridgehead atoms. The third-order valence-corrected chi connectivity index (χ3v) is 6.26. The van der Waals surface area contributed by atoms with Gasteiger partial charge in [-0.05, 0) is 48.9 Å². The van der Waals surface area contributed by atoms with E-state index in [0.29, 0.717) is 19.0 Å². The Kier molecular flexibility index (Phi) is 7.24. The number of sulfonamides is 1. The molecular formula is C20H26N4O5S. The molecule has 2 aromatic rings. The van der Waals surface area contributed by atoms with E-state index in [9.17, 15) is 13.2 Å². The molecule has 30 heavy (non-hydrogen) atoms. The minimum absolute atomic E-state index is 0.0623. The second-order valence-electron chi connectivity index (χ2n) is 6.86. The highest BCUT2D eigenvalue weighted by atomic mass is 32.2. The molecule has 0 unspecified atom stereocenters. The van der Waals surface area contributed by atoms with Crippen LogP contribution in [0.1, 0.15) is 12.5 Å². The molecule has 0 aliphatic carbocycles. The van der Waals surface area contributed by atoms with Crippen molar-refractivity contribution in [2.24, 2.45) is 0 Å². The number of aromatic nitrogens is 1. The summed E-state index contributed by atoms with van der Waals surface area (Å²) in [5.41, 5.74) is 0.880. The molecule has 1 fully saturated rings. The molecule has 0 saturated carbocycles. The second kappa shape index (κ2) is 9.88. The maximum atomic E-state index is 12.5. The van der Waals surface area contributed by atoms with Gasteiger partial charge in [-0.3, -0.25) is 4.79 Å². The first-order valence-electron chi connectivity index (χ1n) is 9.61. The van der Waals surface area contributed by atoms with Crippen molar-refractivity contribution in [1.82, 2.24) is 15.0 Å². The molecule has 0 spiro atoms. The van der Waals surface area contributed by atoms with Gasteiger partial charge in [-0.2, -0.15) is 4.72 Å². The van der Waals surface area contributed by atoms with Gasteiger partial charge in [-0.15, -0.1) is 0 Å². The first-order chi connectivity index (χ1) is 14.4. The lowest BCUT2D eigenvalue weighted by Gasteiger charge is -2.28. The summed E-state index contributed by atoms with van der Waals surface area (Å²) in [5.74, 6) is 0.962. The zero-order valence-corrected chi connectivity index (χ0v) is 17.8. The van der Waals surface area contributed by atoms with Gasteiger partial charge in [0.25, 0.3) is 0 Å². The molecule has 9 nitrogen and oxygen atoms in total. The minimum Gasteiger partial charge on any atom is -0.497 e. The van der Waals surface area contributed by atoms with Gasteiger partial charge < -0.3 is 19.7 Å². The molecule has 2 N–H and O–H groups in total. The van der Waals surface area contributed by atoms with Crippen molar-refractivity contribution >= 4 is 21.7 Å². The van der Waals surface area contributed by atoms with Crippen molar-refractivity contribution < 1.29 is 22.7 Å². The van der Waals surface area contributed by atoms with E-state index in [1.165, 1.54) is 26.2 Å². The standard InChI is InChI=1S/C20H26N4O5S/c1-15(23-30(26,27)18-5-3-17(28-2)4-6-18)20(25)22-14-16-7-8-21-19(13-16)24-9-11-29-12-10-24/h3-8,13,15,23H,9-12,14H2,1-2H3,(H,22,25)/t15-/m0/s1. The average molecular weight is 435 g/mol. The molecule has 162 valence electrons. The number of carbonyl (C=O) groups is 1. The van der Waals surface area contributed by atoms with Gasteiger partial charge in [0.05, 0.1) is 31.3 Å². The lowest BCUT2D eigenvalue weighted by molar-refractivity contribution is -0.122. The zero-order chi connectivity index (χ0) is 21.6. The van der Waals surface area contributed by atoms with Crippen LogP contribution < -0.4 is 19.7 Å². The monoisotopic (exact) mass is 434 g/mol. The normalized spacial score (nSPS) is 15.5. The summed E-state index contributed by atoms with van der Waals surface area (Å²) < 4.78 is 37.7. The van der Waals surface area contributed by atoms with Crippen LogP contribution in [0.5, 0.6) is 5.75 Å². The van der Waals surface area contributed by atoms with E-state index < -0.39 is 22.0 Å². The van der Waals surface area contributed by atoms with Gasteiger partial charge in [0.2, 0.25) is 15.9 Å². The lowest BCUT2D eigenvalue weighted by atomic mass is 10.2. The van der Waals surface area contributed by atoms with Gasteiger partial charge in [-0.1, -0.05) is 0 Å². The minimum atomic E-state index is -3.83. The van der Waals surface area contributed by atoms with E-state index >= 15 is 0 Å². The Morgan fingerprint density at radius 1 is 1.23 bits per heavy atom. The van der Waals surface area contributed by atoms with Crippen LogP contribution in [-0.2, 0) is 26.1 Å². The smallest absolute Gasteiger partial charge is 0.241 e. The number of carbonyl (C=O) groups excluding carboxylic acids is 1. The average Bonchev–Trinajstić information content (AvgIpc) is 2.78. The lowest BCUT2D eigenvalue weighted by Crippen LogP contribution is -2.44. The molecule has 1 aliphatic rings. The topological polar surface area (TPSA) is 110 Å². The molecule has 1 aromatic heterocycles. The molecular weight excluding hydrogens is 408 g/mol. The van der Waals surface area contributed by atoms with Crippen LogP contribution in [0.25, 0.3) is 0 Å². The Morgan fingerprint density at radius 2 is 1.93 bits per heavy atom. The number of rotatable bonds is 8. The van der Waals surface area contributed by atoms with Crippen LogP contribution in [0.15, 0.2) is 47.5 Å². The number of methoxy groups -OCH3 is 1. The quantitative estimate of drug-likeness (QED) is 0.635. The molecule has 0 radical (unpaired) electrons. The van der Waals surface area contributed by atoms with E-state index in [1.807, 2.05) is 12.1 Å². The van der Waals surface area contributed by atoms with Crippen LogP contribution in [-0.4, -0.2) is 58.8 Å². The summed E-state index contributed by atoms with van der Waals surface area (Å²) in [5, 5.41) is 2.76. The van der Waals surface area contributed by atoms with Crippen LogP contribution in [0.2, 0.25) is 0 Å². The molecule has 1 atom stereocenters. The second-order valence-corrected chi connectivity index (χ2v) is 8.57. The summed E-state index contributed by atoms with van der Waals surface area (Å²) in [4.78, 5) is 19.0. The van der Waals surface area contributed by atoms with Crippen LogP contribution in [0.4, 0.5) is 5.82 Å². The summed E-state index contributed by atoms with van der Waals surface area (Å²) in [6.07, 6.45) is 1.70. The third-order valence-electron chi connectivity index (χ3n) is 4.71. The Bertz CT molecular complexity index is 959. The van der Waals surface area contributed by atoms with Crippen LogP contribution in [0.3, 0.4) is 0 Å². The number of benzene rings is 1. The fourth-order valence-corrected chi connectivity index (χ4v) is 4.19. The first kappa shape index (κ1) is 22.0. The number of amides is 1. The highest BCUT2D eigenvalue weighted by Crippen LogP contribution is 2.16. The van der Waals surface area contributed by atoms with Gasteiger partial charge in [0.1, 0.15) is 11.6 Å². The SMILES string of the molecule is COc1ccc(S(=O)(=O)N[C@@H](C)C(=O)NCc2ccnc(N3CCOCC3)c2)cc1. The molecule has 10 heteroatoms. The van der Waals surface area contributed by atoms with Crippen molar-refractivity contribution in [1.29, 1.82) is 0 Å². The largest absolute Gasteiger partial charge is 0.497 e. The van der Waals surface area contributed by atoms with E-state index in [4.69, 9.17) is 9.47 Å². The van der Waals surface area contributed by atoms with Crippen molar-refractivity contribution in [2.45, 2.75) is 24.4 Å². The molecule has 2 heterocycles. The summed E-state index contributed by atoms with van der Waals surface area (Å²) in [6.45, 7) is 4.64. The molecule has 1 amide bonds. The summed E-state index contributed by atoms with van der Waals surface area (Å²) >= 11 is 0. The van der Waals surface area contributed by atoms with Crippen molar-refractivity contribution in [3.8, 4) is 5.75 Å². The van der Waals surface area contributed by atoms with E-state index in [0.717, 1.165) is 24.5 Å². The van der Waals surface area contributed by atoms with Crippen LogP contribution >= 0.6 is 0 Å². The maximum absolute atomic E-state index is 12.5. The van der Waals surface area contributed by atoms with Crippen molar-refractivity contribution in [3.05, 3.63) is 48.2 Å². The number of hydrogen-bond donors (Lipinski definition) is 2. The fraction of sp³-hybridized carbons (Fsp3) is 0.400. The highest BCUT2D eigenvalue weighted by molar-refractivity contribution is 7.89. The summed E-state index contributed by atoms with van der Waals surface area (Å²) in [7, 11) is -2.33. The summed E-state index contributed by atoms with van der Waals surface area (Å²) in [6, 6.07) is 8.75. The molecule has 1 saturated heterocycles. The van der Waals surface area contributed by atoms with Crippen LogP contribution in [0, 0.1) is 0 Å². The number of pyridine rings is 1. The predicted molar refractivity (Wildman–Crippen MR) is 112 cm³/mol. The van der Waals surface area contributed by atoms with Crippen molar-refractivity contribution in [2.75, 3.05) is 38.3 Å². The van der Waals surface area contributed by atoms with Gasteiger partial charge in [-0.25, -0.2) is 13.4 Å². The van der Waals surface area contributed by atoms with Gasteiger partial charge in [0, 0.05) is 25.8 Å². The first-order valence-corrected chi connectivity index (χ1v) is 11.1. The fourth-order valence-electron chi connectivity index (χ4n) is 2.99. The number of morpholine rings is 1. The number of ether oxygens (including phenoxy) is 2. The predicted octanol–water partition coefficient (Wildman–Crippen LogP) is 0.910. The van der Waals surface area contributed by atoms with E-state index in [1.54, 1.807) is 18.3 Å². The Balaban J connectivity index is 1.56. The number of nitrogens with one attached hydrogen (secondary N) is 2. The Morgan fingerprint density at radius 3 is 2.60 bits per heavy atom. The van der Waals surface area contributed by atoms with Gasteiger partial charge >= 0.3 is 0 Å². The Labute approximate surface area is 176 Å². The van der Waals surface area contributed by atoms with E-state index in [2.05, 4.69) is 19.9 Å². The van der Waals surface area contributed by atoms with Crippen molar-refractivity contribution in [3.63, 3.8) is 0 Å². The number of hydrogen-bond acceptors (Lipinski definition) is 7. The zero-order valence-electron chi connectivity index (χ0n) is 17.0. The maximum Gasteiger partial charge on any atom is 0.241 e. The van der Waals surface area contributed by atoms with E-state index in [-0.39, 0.29) is 11.4 Å². The molecule has 3 rings (SSSR count). The molecule has 1 aromatic carbocycles. The van der Waals surface area contributed by atoms with Gasteiger partial charge in [0.15, 0.2) is 0 Å². The third kappa shape index (κ3) is 5.68.